The molecule has 14 nitrogen and oxygen atoms in total. The number of carbonyl (C=O) groups is 2. The van der Waals surface area contributed by atoms with Gasteiger partial charge in [0, 0.05) is 70.5 Å². The average molecular weight is 657 g/mol. The molecule has 0 unspecified atom stereocenters. The van der Waals surface area contributed by atoms with Crippen LogP contribution in [0.25, 0.3) is 44.6 Å². The first kappa shape index (κ1) is 23.0. The summed E-state index contributed by atoms with van der Waals surface area (Å²) in [7, 11) is 0. The van der Waals surface area contributed by atoms with E-state index in [9.17, 15) is 9.59 Å². The molecule has 2 atom stereocenters. The van der Waals surface area contributed by atoms with Gasteiger partial charge in [-0.05, 0) is 49.6 Å². The topological polar surface area (TPSA) is 205 Å². The first-order chi connectivity index (χ1) is 26.5. The van der Waals surface area contributed by atoms with Crippen LogP contribution >= 0.6 is 0 Å². The SMILES string of the molecule is NC(=O)C[C@H](C1CCCC1)n1cc(-c2ncnc3[nH]ccc23)cn1.[2H]C1([2H])C([C@@H](CC(N)=O)n2cc(-c3ncnc4[nH]ccc34)cn2)C([2H])([2H])C([2H])([2H])C1([2H])[2H]. The minimum absolute atomic E-state index is 0.0299. The average Bonchev–Trinajstić information content (AvgIpc) is 3.98. The molecule has 248 valence electrons. The van der Waals surface area contributed by atoms with Crippen molar-refractivity contribution < 1.29 is 20.6 Å². The number of fused-ring (bicyclic) bond motifs is 2. The van der Waals surface area contributed by atoms with E-state index < -0.39 is 49.8 Å². The lowest BCUT2D eigenvalue weighted by molar-refractivity contribution is -0.120. The van der Waals surface area contributed by atoms with Crippen LogP contribution < -0.4 is 11.5 Å². The molecule has 0 aromatic carbocycles. The fourth-order valence-electron chi connectivity index (χ4n) is 6.54. The summed E-state index contributed by atoms with van der Waals surface area (Å²) >= 11 is 0. The summed E-state index contributed by atoms with van der Waals surface area (Å²) in [6.07, 6.45) is 5.14. The van der Waals surface area contributed by atoms with Crippen LogP contribution in [0.15, 0.2) is 62.0 Å². The van der Waals surface area contributed by atoms with Gasteiger partial charge in [-0.1, -0.05) is 25.6 Å². The molecule has 0 radical (unpaired) electrons. The smallest absolute Gasteiger partial charge is 0.219 e. The second-order valence-corrected chi connectivity index (χ2v) is 11.9. The number of rotatable bonds is 10. The predicted molar refractivity (Wildman–Crippen MR) is 180 cm³/mol. The first-order valence-corrected chi connectivity index (χ1v) is 15.7. The van der Waals surface area contributed by atoms with Crippen molar-refractivity contribution in [2.45, 2.75) is 76.1 Å². The van der Waals surface area contributed by atoms with Crippen LogP contribution in [0.1, 0.15) is 87.1 Å². The second kappa shape index (κ2) is 13.8. The number of nitrogens with two attached hydrogens (primary N) is 2. The third kappa shape index (κ3) is 6.55. The number of primary amides is 2. The Morgan fingerprint density at radius 3 is 1.73 bits per heavy atom. The van der Waals surface area contributed by atoms with E-state index >= 15 is 0 Å². The van der Waals surface area contributed by atoms with Crippen molar-refractivity contribution in [2.24, 2.45) is 23.3 Å². The fraction of sp³-hybridized carbons (Fsp3) is 0.412. The van der Waals surface area contributed by atoms with E-state index in [1.807, 2.05) is 23.1 Å². The molecule has 2 fully saturated rings. The van der Waals surface area contributed by atoms with Gasteiger partial charge in [0.25, 0.3) is 0 Å². The van der Waals surface area contributed by atoms with Gasteiger partial charge in [0.1, 0.15) is 23.9 Å². The van der Waals surface area contributed by atoms with Crippen LogP contribution in [0.4, 0.5) is 0 Å². The largest absolute Gasteiger partial charge is 0.370 e. The molecular weight excluding hydrogens is 608 g/mol. The normalized spacial score (nSPS) is 23.3. The molecule has 6 aromatic rings. The van der Waals surface area contributed by atoms with Crippen LogP contribution in [-0.2, 0) is 9.59 Å². The minimum Gasteiger partial charge on any atom is -0.370 e. The lowest BCUT2D eigenvalue weighted by Crippen LogP contribution is -2.24. The van der Waals surface area contributed by atoms with Gasteiger partial charge in [0.05, 0.1) is 35.9 Å². The molecule has 0 bridgehead atoms. The highest BCUT2D eigenvalue weighted by Gasteiger charge is 2.30. The molecule has 2 aliphatic carbocycles. The number of hydrogen-bond donors (Lipinski definition) is 4. The van der Waals surface area contributed by atoms with Crippen molar-refractivity contribution in [3.8, 4) is 22.5 Å². The van der Waals surface area contributed by atoms with Crippen molar-refractivity contribution in [2.75, 3.05) is 0 Å². The Bertz CT molecular complexity index is 2360. The summed E-state index contributed by atoms with van der Waals surface area (Å²) < 4.78 is 68.5. The van der Waals surface area contributed by atoms with Crippen molar-refractivity contribution in [3.63, 3.8) is 0 Å². The Morgan fingerprint density at radius 1 is 0.771 bits per heavy atom. The van der Waals surface area contributed by atoms with Crippen LogP contribution in [0.5, 0.6) is 0 Å². The fourth-order valence-corrected chi connectivity index (χ4v) is 6.54. The molecule has 14 heteroatoms. The molecule has 6 N–H and O–H groups in total. The van der Waals surface area contributed by atoms with E-state index in [-0.39, 0.29) is 11.9 Å². The minimum atomic E-state index is -3.18. The van der Waals surface area contributed by atoms with Crippen molar-refractivity contribution in [3.05, 3.63) is 62.0 Å². The van der Waals surface area contributed by atoms with E-state index in [4.69, 9.17) is 22.4 Å². The number of nitrogens with zero attached hydrogens (tertiary/aromatic N) is 8. The second-order valence-electron chi connectivity index (χ2n) is 11.9. The monoisotopic (exact) mass is 656 g/mol. The third-order valence-corrected chi connectivity index (χ3v) is 8.80. The van der Waals surface area contributed by atoms with Crippen molar-refractivity contribution in [1.82, 2.24) is 49.5 Å². The van der Waals surface area contributed by atoms with E-state index in [1.165, 1.54) is 31.6 Å². The molecule has 48 heavy (non-hydrogen) atoms. The number of H-pyrrole nitrogens is 2. The third-order valence-electron chi connectivity index (χ3n) is 8.80. The van der Waals surface area contributed by atoms with Gasteiger partial charge < -0.3 is 21.4 Å². The van der Waals surface area contributed by atoms with E-state index in [0.717, 1.165) is 39.8 Å². The Labute approximate surface area is 288 Å². The summed E-state index contributed by atoms with van der Waals surface area (Å²) in [5.74, 6) is -2.61. The quantitative estimate of drug-likeness (QED) is 0.160. The van der Waals surface area contributed by atoms with Crippen molar-refractivity contribution in [1.29, 1.82) is 0 Å². The van der Waals surface area contributed by atoms with Gasteiger partial charge in [-0.3, -0.25) is 19.0 Å². The van der Waals surface area contributed by atoms with Gasteiger partial charge >= 0.3 is 0 Å². The lowest BCUT2D eigenvalue weighted by Gasteiger charge is -2.22. The predicted octanol–water partition coefficient (Wildman–Crippen LogP) is 4.86. The summed E-state index contributed by atoms with van der Waals surface area (Å²) in [6, 6.07) is 2.35. The van der Waals surface area contributed by atoms with Gasteiger partial charge in [0.15, 0.2) is 0 Å². The van der Waals surface area contributed by atoms with Gasteiger partial charge in [-0.25, -0.2) is 19.9 Å². The van der Waals surface area contributed by atoms with E-state index in [1.54, 1.807) is 24.8 Å². The number of hydrogen-bond acceptors (Lipinski definition) is 8. The van der Waals surface area contributed by atoms with E-state index in [2.05, 4.69) is 40.1 Å². The Kier molecular flexibility index (Phi) is 6.60. The Morgan fingerprint density at radius 2 is 1.25 bits per heavy atom. The molecule has 6 heterocycles. The van der Waals surface area contributed by atoms with Crippen LogP contribution in [-0.4, -0.2) is 61.3 Å². The summed E-state index contributed by atoms with van der Waals surface area (Å²) in [6.45, 7) is 0. The van der Waals surface area contributed by atoms with Crippen LogP contribution in [0.3, 0.4) is 0 Å². The lowest BCUT2D eigenvalue weighted by atomic mass is 9.95. The highest BCUT2D eigenvalue weighted by Crippen LogP contribution is 2.38. The van der Waals surface area contributed by atoms with Crippen molar-refractivity contribution >= 4 is 33.9 Å². The summed E-state index contributed by atoms with van der Waals surface area (Å²) in [5, 5.41) is 10.3. The maximum Gasteiger partial charge on any atom is 0.219 e. The molecule has 2 saturated carbocycles. The number of amides is 2. The molecule has 2 aliphatic rings. The molecule has 0 aliphatic heterocycles. The Balaban J connectivity index is 0.000000178. The van der Waals surface area contributed by atoms with Crippen LogP contribution in [0.2, 0.25) is 0 Å². The zero-order valence-electron chi connectivity index (χ0n) is 33.9. The van der Waals surface area contributed by atoms with E-state index in [0.29, 0.717) is 34.6 Å². The summed E-state index contributed by atoms with van der Waals surface area (Å²) in [5.41, 5.74) is 14.9. The first-order valence-electron chi connectivity index (χ1n) is 19.7. The highest BCUT2D eigenvalue weighted by molar-refractivity contribution is 5.90. The molecule has 0 saturated heterocycles. The zero-order valence-corrected chi connectivity index (χ0v) is 25.9. The zero-order chi connectivity index (χ0) is 40.2. The van der Waals surface area contributed by atoms with Gasteiger partial charge in [-0.15, -0.1) is 0 Å². The standard InChI is InChI=1S/2C17H20N6O/c2*18-15(24)7-14(11-3-1-2-4-11)23-9-12(8-22-23)16-13-5-6-19-17(13)21-10-20-16/h2*5-6,8-11,14H,1-4,7H2,(H2,18,24)(H,19,20,21)/t2*14-/m11/s1/i1D2,2D2,3D2,4D2;. The van der Waals surface area contributed by atoms with Crippen LogP contribution in [0, 0.1) is 11.8 Å². The highest BCUT2D eigenvalue weighted by atomic mass is 16.1. The maximum atomic E-state index is 11.8. The number of aromatic nitrogens is 10. The number of nitrogens with one attached hydrogen (secondary N) is 2. The molecular formula is C34H40N12O2. The van der Waals surface area contributed by atoms with Gasteiger partial charge in [-0.2, -0.15) is 10.2 Å². The maximum absolute atomic E-state index is 11.8. The molecule has 0 spiro atoms. The number of aromatic amines is 2. The summed E-state index contributed by atoms with van der Waals surface area (Å²) in [4.78, 5) is 46.3. The molecule has 2 amide bonds. The molecule has 6 aromatic heterocycles. The van der Waals surface area contributed by atoms with Gasteiger partial charge in [0.2, 0.25) is 11.8 Å². The number of carbonyl (C=O) groups excluding carboxylic acids is 2. The molecule has 8 rings (SSSR count). The Hall–Kier alpha value is -5.40.